The van der Waals surface area contributed by atoms with Crippen LogP contribution >= 0.6 is 11.6 Å². The zero-order valence-corrected chi connectivity index (χ0v) is 12.2. The lowest BCUT2D eigenvalue weighted by molar-refractivity contribution is -0.136. The summed E-state index contributed by atoms with van der Waals surface area (Å²) in [6.45, 7) is 2.78. The summed E-state index contributed by atoms with van der Waals surface area (Å²) in [5.41, 5.74) is -0.672. The van der Waals surface area contributed by atoms with Crippen LogP contribution in [0.1, 0.15) is 38.2 Å². The average Bonchev–Trinajstić information content (AvgIpc) is 2.38. The fourth-order valence-electron chi connectivity index (χ4n) is 2.72. The minimum absolute atomic E-state index is 0.0142. The monoisotopic (exact) mass is 305 g/mol. The Morgan fingerprint density at radius 1 is 1.20 bits per heavy atom. The van der Waals surface area contributed by atoms with Crippen LogP contribution < -0.4 is 5.32 Å². The van der Waals surface area contributed by atoms with E-state index in [0.29, 0.717) is 12.5 Å². The highest BCUT2D eigenvalue weighted by molar-refractivity contribution is 6.33. The molecule has 0 unspecified atom stereocenters. The Morgan fingerprint density at radius 2 is 1.85 bits per heavy atom. The first kappa shape index (κ1) is 15.5. The van der Waals surface area contributed by atoms with Gasteiger partial charge in [0.1, 0.15) is 0 Å². The number of hydrogen-bond donors (Lipinski definition) is 1. The van der Waals surface area contributed by atoms with Crippen molar-refractivity contribution >= 4 is 17.3 Å². The van der Waals surface area contributed by atoms with Gasteiger partial charge in [0.05, 0.1) is 16.3 Å². The van der Waals surface area contributed by atoms with Gasteiger partial charge < -0.3 is 5.32 Å². The Kier molecular flexibility index (Phi) is 4.84. The molecule has 1 aliphatic rings. The first-order valence-corrected chi connectivity index (χ1v) is 7.35. The lowest BCUT2D eigenvalue weighted by Gasteiger charge is -2.27. The van der Waals surface area contributed by atoms with Gasteiger partial charge in [0, 0.05) is 6.54 Å². The molecule has 112 valence electrons. The van der Waals surface area contributed by atoms with Crippen molar-refractivity contribution < 1.29 is 13.2 Å². The van der Waals surface area contributed by atoms with Gasteiger partial charge in [-0.15, -0.1) is 0 Å². The topological polar surface area (TPSA) is 12.0 Å². The maximum absolute atomic E-state index is 12.9. The predicted molar refractivity (Wildman–Crippen MR) is 76.1 cm³/mol. The van der Waals surface area contributed by atoms with E-state index < -0.39 is 11.7 Å². The van der Waals surface area contributed by atoms with E-state index in [1.54, 1.807) is 0 Å². The van der Waals surface area contributed by atoms with Crippen molar-refractivity contribution in [1.82, 2.24) is 0 Å². The summed E-state index contributed by atoms with van der Waals surface area (Å²) in [5.74, 6) is 1.17. The third-order valence-electron chi connectivity index (χ3n) is 4.02. The molecule has 2 rings (SSSR count). The first-order valence-electron chi connectivity index (χ1n) is 6.97. The summed E-state index contributed by atoms with van der Waals surface area (Å²) in [5, 5.41) is 3.05. The van der Waals surface area contributed by atoms with Crippen LogP contribution in [0, 0.1) is 11.8 Å². The van der Waals surface area contributed by atoms with Crippen LogP contribution in [-0.4, -0.2) is 6.54 Å². The minimum Gasteiger partial charge on any atom is -0.383 e. The molecule has 1 N–H and O–H groups in total. The molecule has 0 amide bonds. The number of hydrogen-bond acceptors (Lipinski definition) is 1. The van der Waals surface area contributed by atoms with Crippen molar-refractivity contribution in [2.75, 3.05) is 11.9 Å². The summed E-state index contributed by atoms with van der Waals surface area (Å²) in [7, 11) is 0. The second kappa shape index (κ2) is 6.25. The minimum atomic E-state index is -4.38. The lowest BCUT2D eigenvalue weighted by atomic mass is 9.83. The van der Waals surface area contributed by atoms with Crippen molar-refractivity contribution in [2.24, 2.45) is 11.8 Å². The van der Waals surface area contributed by atoms with Gasteiger partial charge in [0.15, 0.2) is 0 Å². The van der Waals surface area contributed by atoms with Crippen molar-refractivity contribution in [1.29, 1.82) is 0 Å². The molecular formula is C15H19ClF3N. The largest absolute Gasteiger partial charge is 0.418 e. The molecule has 0 aliphatic heterocycles. The fraction of sp³-hybridized carbons (Fsp3) is 0.600. The number of rotatable bonds is 3. The molecule has 0 radical (unpaired) electrons. The van der Waals surface area contributed by atoms with E-state index in [-0.39, 0.29) is 10.7 Å². The zero-order chi connectivity index (χ0) is 14.8. The highest BCUT2D eigenvalue weighted by atomic mass is 35.5. The number of para-hydroxylation sites is 1. The van der Waals surface area contributed by atoms with Crippen LogP contribution in [0.3, 0.4) is 0 Å². The van der Waals surface area contributed by atoms with Gasteiger partial charge in [-0.05, 0) is 36.8 Å². The zero-order valence-electron chi connectivity index (χ0n) is 11.4. The van der Waals surface area contributed by atoms with Gasteiger partial charge in [-0.3, -0.25) is 0 Å². The molecule has 1 fully saturated rings. The normalized spacial score (nSPS) is 23.6. The molecule has 0 atom stereocenters. The standard InChI is InChI=1S/C15H19ClF3N/c1-10-5-7-11(8-6-10)9-20-14-12(15(17,18)19)3-2-4-13(14)16/h2-4,10-11,20H,5-9H2,1H3. The summed E-state index contributed by atoms with van der Waals surface area (Å²) in [6.07, 6.45) is 0.0657. The Bertz CT molecular complexity index is 451. The van der Waals surface area contributed by atoms with Crippen LogP contribution in [0.15, 0.2) is 18.2 Å². The second-order valence-corrected chi connectivity index (χ2v) is 6.07. The average molecular weight is 306 g/mol. The van der Waals surface area contributed by atoms with Crippen molar-refractivity contribution in [3.05, 3.63) is 28.8 Å². The van der Waals surface area contributed by atoms with Crippen LogP contribution in [0.2, 0.25) is 5.02 Å². The van der Waals surface area contributed by atoms with Crippen molar-refractivity contribution in [2.45, 2.75) is 38.8 Å². The molecule has 0 bridgehead atoms. The summed E-state index contributed by atoms with van der Waals surface area (Å²) in [6, 6.07) is 3.89. The van der Waals surface area contributed by atoms with Crippen LogP contribution in [0.25, 0.3) is 0 Å². The molecule has 5 heteroatoms. The third kappa shape index (κ3) is 3.81. The molecule has 0 spiro atoms. The molecule has 1 aromatic carbocycles. The summed E-state index contributed by atoms with van der Waals surface area (Å²) < 4.78 is 38.8. The number of anilines is 1. The number of alkyl halides is 3. The number of halogens is 4. The highest BCUT2D eigenvalue weighted by Gasteiger charge is 2.34. The lowest BCUT2D eigenvalue weighted by Crippen LogP contribution is -2.21. The molecule has 20 heavy (non-hydrogen) atoms. The Labute approximate surface area is 122 Å². The van der Waals surface area contributed by atoms with Gasteiger partial charge in [-0.2, -0.15) is 13.2 Å². The molecule has 1 aliphatic carbocycles. The summed E-state index contributed by atoms with van der Waals surface area (Å²) >= 11 is 5.91. The predicted octanol–water partition coefficient (Wildman–Crippen LogP) is 5.60. The van der Waals surface area contributed by atoms with Gasteiger partial charge in [-0.25, -0.2) is 0 Å². The van der Waals surface area contributed by atoms with Crippen LogP contribution in [0.4, 0.5) is 18.9 Å². The molecule has 0 heterocycles. The SMILES string of the molecule is CC1CCC(CNc2c(Cl)cccc2C(F)(F)F)CC1. The second-order valence-electron chi connectivity index (χ2n) is 5.67. The Hall–Kier alpha value is -0.900. The van der Waals surface area contributed by atoms with E-state index in [4.69, 9.17) is 11.6 Å². The van der Waals surface area contributed by atoms with Gasteiger partial charge >= 0.3 is 6.18 Å². The van der Waals surface area contributed by atoms with E-state index in [9.17, 15) is 13.2 Å². The fourth-order valence-corrected chi connectivity index (χ4v) is 2.96. The van der Waals surface area contributed by atoms with Gasteiger partial charge in [0.25, 0.3) is 0 Å². The van der Waals surface area contributed by atoms with Crippen molar-refractivity contribution in [3.8, 4) is 0 Å². The Morgan fingerprint density at radius 3 is 2.45 bits per heavy atom. The van der Waals surface area contributed by atoms with Gasteiger partial charge in [0.2, 0.25) is 0 Å². The molecule has 1 nitrogen and oxygen atoms in total. The van der Waals surface area contributed by atoms with E-state index in [0.717, 1.165) is 37.7 Å². The van der Waals surface area contributed by atoms with Crippen molar-refractivity contribution in [3.63, 3.8) is 0 Å². The molecule has 1 aromatic rings. The van der Waals surface area contributed by atoms with Gasteiger partial charge in [-0.1, -0.05) is 37.4 Å². The third-order valence-corrected chi connectivity index (χ3v) is 4.34. The number of nitrogens with one attached hydrogen (secondary N) is 1. The molecule has 0 aromatic heterocycles. The quantitative estimate of drug-likeness (QED) is 0.766. The van der Waals surface area contributed by atoms with Crippen LogP contribution in [0.5, 0.6) is 0 Å². The highest BCUT2D eigenvalue weighted by Crippen LogP contribution is 2.39. The Balaban J connectivity index is 2.05. The first-order chi connectivity index (χ1) is 9.38. The maximum atomic E-state index is 12.9. The maximum Gasteiger partial charge on any atom is 0.418 e. The molecular weight excluding hydrogens is 287 g/mol. The van der Waals surface area contributed by atoms with E-state index in [2.05, 4.69) is 12.2 Å². The van der Waals surface area contributed by atoms with E-state index in [1.165, 1.54) is 12.1 Å². The smallest absolute Gasteiger partial charge is 0.383 e. The molecule has 1 saturated carbocycles. The summed E-state index contributed by atoms with van der Waals surface area (Å²) in [4.78, 5) is 0. The number of benzene rings is 1. The van der Waals surface area contributed by atoms with Crippen LogP contribution in [-0.2, 0) is 6.18 Å². The van der Waals surface area contributed by atoms with E-state index in [1.807, 2.05) is 0 Å². The van der Waals surface area contributed by atoms with E-state index >= 15 is 0 Å². The molecule has 0 saturated heterocycles.